The van der Waals surface area contributed by atoms with Gasteiger partial charge in [0, 0.05) is 23.0 Å². The lowest BCUT2D eigenvalue weighted by atomic mass is 9.92. The van der Waals surface area contributed by atoms with Crippen molar-refractivity contribution in [1.29, 1.82) is 0 Å². The molecule has 0 unspecified atom stereocenters. The molecule has 0 atom stereocenters. The van der Waals surface area contributed by atoms with Gasteiger partial charge < -0.3 is 15.5 Å². The van der Waals surface area contributed by atoms with Crippen LogP contribution in [0.15, 0.2) is 42.6 Å². The number of hydrogen-bond acceptors (Lipinski definition) is 4. The zero-order valence-electron chi connectivity index (χ0n) is 20.1. The van der Waals surface area contributed by atoms with E-state index in [4.69, 9.17) is 9.90 Å². The van der Waals surface area contributed by atoms with Gasteiger partial charge in [0.2, 0.25) is 11.9 Å². The SMILES string of the molecule is O=C(O)c1cc(NC(=O)C2(c3ccc(C(F)(F)F)cc3F)CC2)ccc1-c1cn(C2CCC2)nc1F.O=CO. The van der Waals surface area contributed by atoms with Crippen LogP contribution in [0.2, 0.25) is 0 Å². The molecule has 2 aliphatic rings. The van der Waals surface area contributed by atoms with Crippen molar-refractivity contribution in [3.05, 3.63) is 71.1 Å². The van der Waals surface area contributed by atoms with Gasteiger partial charge in [0.15, 0.2) is 0 Å². The molecule has 3 N–H and O–H groups in total. The molecule has 0 aliphatic heterocycles. The first-order valence-electron chi connectivity index (χ1n) is 11.8. The second-order valence-corrected chi connectivity index (χ2v) is 9.30. The first kappa shape index (κ1) is 27.7. The summed E-state index contributed by atoms with van der Waals surface area (Å²) in [6, 6.07) is 6.01. The van der Waals surface area contributed by atoms with Crippen molar-refractivity contribution < 1.29 is 46.5 Å². The van der Waals surface area contributed by atoms with Crippen molar-refractivity contribution in [3.63, 3.8) is 0 Å². The summed E-state index contributed by atoms with van der Waals surface area (Å²) in [7, 11) is 0. The fourth-order valence-corrected chi connectivity index (χ4v) is 4.50. The number of carboxylic acids is 1. The van der Waals surface area contributed by atoms with E-state index in [2.05, 4.69) is 10.4 Å². The van der Waals surface area contributed by atoms with Gasteiger partial charge in [-0.05, 0) is 56.4 Å². The lowest BCUT2D eigenvalue weighted by Crippen LogP contribution is -2.29. The summed E-state index contributed by atoms with van der Waals surface area (Å²) in [5.41, 5.74) is -2.77. The van der Waals surface area contributed by atoms with Crippen molar-refractivity contribution in [1.82, 2.24) is 9.78 Å². The third kappa shape index (κ3) is 5.47. The Kier molecular flexibility index (Phi) is 7.44. The molecule has 8 nitrogen and oxygen atoms in total. The topological polar surface area (TPSA) is 122 Å². The predicted molar refractivity (Wildman–Crippen MR) is 127 cm³/mol. The van der Waals surface area contributed by atoms with Crippen molar-refractivity contribution in [3.8, 4) is 11.1 Å². The smallest absolute Gasteiger partial charge is 0.416 e. The minimum Gasteiger partial charge on any atom is -0.483 e. The molecule has 0 bridgehead atoms. The van der Waals surface area contributed by atoms with Gasteiger partial charge >= 0.3 is 12.1 Å². The Morgan fingerprint density at radius 3 is 2.26 bits per heavy atom. The van der Waals surface area contributed by atoms with Crippen molar-refractivity contribution in [2.75, 3.05) is 5.32 Å². The van der Waals surface area contributed by atoms with Gasteiger partial charge in [0.05, 0.1) is 28.1 Å². The highest BCUT2D eigenvalue weighted by Crippen LogP contribution is 2.50. The summed E-state index contributed by atoms with van der Waals surface area (Å²) in [6.45, 7) is -0.250. The molecule has 2 aliphatic carbocycles. The molecule has 2 aromatic carbocycles. The number of rotatable bonds is 6. The number of aromatic carboxylic acids is 1. The number of carboxylic acid groups (broad SMARTS) is 2. The van der Waals surface area contributed by atoms with Gasteiger partial charge in [-0.15, -0.1) is 5.10 Å². The quantitative estimate of drug-likeness (QED) is 0.269. The third-order valence-electron chi connectivity index (χ3n) is 6.93. The fraction of sp³-hybridized carbons (Fsp3) is 0.308. The summed E-state index contributed by atoms with van der Waals surface area (Å²) in [4.78, 5) is 33.3. The number of amides is 1. The molecule has 3 aromatic rings. The molecular weight excluding hydrogens is 529 g/mol. The monoisotopic (exact) mass is 551 g/mol. The number of alkyl halides is 3. The number of hydrogen-bond donors (Lipinski definition) is 3. The van der Waals surface area contributed by atoms with Crippen LogP contribution in [0.5, 0.6) is 0 Å². The van der Waals surface area contributed by atoms with Gasteiger partial charge in [-0.2, -0.15) is 17.6 Å². The molecule has 206 valence electrons. The molecule has 1 aromatic heterocycles. The van der Waals surface area contributed by atoms with E-state index in [0.29, 0.717) is 6.07 Å². The molecule has 1 amide bonds. The summed E-state index contributed by atoms with van der Waals surface area (Å²) >= 11 is 0. The highest BCUT2D eigenvalue weighted by molar-refractivity contribution is 6.03. The number of aromatic nitrogens is 2. The van der Waals surface area contributed by atoms with E-state index >= 15 is 0 Å². The molecule has 0 saturated heterocycles. The van der Waals surface area contributed by atoms with Gasteiger partial charge in [-0.3, -0.25) is 14.3 Å². The second kappa shape index (κ2) is 10.5. The van der Waals surface area contributed by atoms with Crippen LogP contribution in [0, 0.1) is 11.8 Å². The standard InChI is InChI=1S/C25H20F5N3O3.CH2O2/c26-20-10-13(25(28,29)30)4-7-19(20)24(8-9-24)23(36)31-14-5-6-16(17(11-14)22(34)35)18-12-33(32-21(18)27)15-2-1-3-15;2-1-3/h4-7,10-12,15H,1-3,8-9H2,(H,31,36)(H,34,35);1H,(H,2,3). The molecule has 5 rings (SSSR count). The van der Waals surface area contributed by atoms with Crippen LogP contribution in [-0.2, 0) is 21.2 Å². The van der Waals surface area contributed by atoms with Crippen LogP contribution in [0.25, 0.3) is 11.1 Å². The highest BCUT2D eigenvalue weighted by Gasteiger charge is 2.53. The maximum absolute atomic E-state index is 14.6. The summed E-state index contributed by atoms with van der Waals surface area (Å²) in [6.07, 6.45) is -0.0919. The van der Waals surface area contributed by atoms with E-state index in [-0.39, 0.29) is 53.3 Å². The number of carbonyl (C=O) groups is 3. The summed E-state index contributed by atoms with van der Waals surface area (Å²) < 4.78 is 69.2. The van der Waals surface area contributed by atoms with E-state index in [1.54, 1.807) is 0 Å². The van der Waals surface area contributed by atoms with Gasteiger partial charge in [0.25, 0.3) is 6.47 Å². The van der Waals surface area contributed by atoms with Crippen LogP contribution in [0.4, 0.5) is 27.6 Å². The first-order valence-corrected chi connectivity index (χ1v) is 11.8. The second-order valence-electron chi connectivity index (χ2n) is 9.30. The molecule has 0 spiro atoms. The van der Waals surface area contributed by atoms with Crippen molar-refractivity contribution in [2.45, 2.75) is 49.7 Å². The lowest BCUT2D eigenvalue weighted by molar-refractivity contribution is -0.137. The number of anilines is 1. The molecule has 2 fully saturated rings. The summed E-state index contributed by atoms with van der Waals surface area (Å²) in [5.74, 6) is -3.98. The van der Waals surface area contributed by atoms with Crippen LogP contribution in [0.3, 0.4) is 0 Å². The zero-order chi connectivity index (χ0) is 28.5. The lowest BCUT2D eigenvalue weighted by Gasteiger charge is -2.25. The van der Waals surface area contributed by atoms with Crippen molar-refractivity contribution in [2.24, 2.45) is 0 Å². The largest absolute Gasteiger partial charge is 0.483 e. The first-order chi connectivity index (χ1) is 18.4. The molecular formula is C26H22F5N3O5. The Morgan fingerprint density at radius 1 is 1.08 bits per heavy atom. The average Bonchev–Trinajstić information content (AvgIpc) is 3.55. The molecule has 13 heteroatoms. The minimum atomic E-state index is -4.72. The van der Waals surface area contributed by atoms with E-state index in [0.717, 1.165) is 37.5 Å². The van der Waals surface area contributed by atoms with Crippen LogP contribution >= 0.6 is 0 Å². The number of halogens is 5. The molecule has 1 heterocycles. The third-order valence-corrected chi connectivity index (χ3v) is 6.93. The van der Waals surface area contributed by atoms with E-state index in [9.17, 15) is 36.6 Å². The Balaban J connectivity index is 0.00000112. The molecule has 39 heavy (non-hydrogen) atoms. The number of nitrogens with one attached hydrogen (secondary N) is 1. The van der Waals surface area contributed by atoms with E-state index in [1.165, 1.54) is 23.0 Å². The normalized spacial score (nSPS) is 15.9. The van der Waals surface area contributed by atoms with E-state index < -0.39 is 40.8 Å². The van der Waals surface area contributed by atoms with Crippen LogP contribution < -0.4 is 5.32 Å². The Bertz CT molecular complexity index is 1430. The van der Waals surface area contributed by atoms with Gasteiger partial charge in [-0.1, -0.05) is 12.1 Å². The van der Waals surface area contributed by atoms with Crippen LogP contribution in [0.1, 0.15) is 59.6 Å². The maximum Gasteiger partial charge on any atom is 0.416 e. The minimum absolute atomic E-state index is 0.0164. The number of carbonyl (C=O) groups excluding carboxylic acids is 1. The van der Waals surface area contributed by atoms with E-state index in [1.807, 2.05) is 0 Å². The Labute approximate surface area is 218 Å². The van der Waals surface area contributed by atoms with Crippen molar-refractivity contribution >= 4 is 24.0 Å². The van der Waals surface area contributed by atoms with Gasteiger partial charge in [-0.25, -0.2) is 9.18 Å². The maximum atomic E-state index is 14.6. The highest BCUT2D eigenvalue weighted by atomic mass is 19.4. The average molecular weight is 551 g/mol. The number of nitrogens with zero attached hydrogens (tertiary/aromatic N) is 2. The summed E-state index contributed by atoms with van der Waals surface area (Å²) in [5, 5.41) is 23.0. The Hall–Kier alpha value is -4.29. The van der Waals surface area contributed by atoms with Gasteiger partial charge in [0.1, 0.15) is 5.82 Å². The van der Waals surface area contributed by atoms with Crippen LogP contribution in [-0.4, -0.2) is 38.3 Å². The zero-order valence-corrected chi connectivity index (χ0v) is 20.1. The fourth-order valence-electron chi connectivity index (χ4n) is 4.50. The predicted octanol–water partition coefficient (Wildman–Crippen LogP) is 5.64. The molecule has 2 saturated carbocycles. The molecule has 0 radical (unpaired) electrons. The number of benzene rings is 2. The Morgan fingerprint density at radius 2 is 1.74 bits per heavy atom.